The maximum Gasteiger partial charge on any atom is 0.326 e. The van der Waals surface area contributed by atoms with Gasteiger partial charge in [0.25, 0.3) is 0 Å². The Morgan fingerprint density at radius 2 is 2.00 bits per heavy atom. The number of hydrogen-bond acceptors (Lipinski definition) is 3. The van der Waals surface area contributed by atoms with Crippen LogP contribution in [0.3, 0.4) is 0 Å². The smallest absolute Gasteiger partial charge is 0.326 e. The molecule has 7 heteroatoms. The molecule has 1 atom stereocenters. The molecule has 3 N–H and O–H groups in total. The number of carboxylic acid groups (broad SMARTS) is 1. The quantitative estimate of drug-likeness (QED) is 0.766. The molecule has 0 aliphatic rings. The van der Waals surface area contributed by atoms with Crippen molar-refractivity contribution in [2.75, 3.05) is 12.4 Å². The molecule has 0 heterocycles. The Morgan fingerprint density at radius 1 is 1.35 bits per heavy atom. The zero-order valence-electron chi connectivity index (χ0n) is 11.4. The first-order valence-electron chi connectivity index (χ1n) is 5.99. The van der Waals surface area contributed by atoms with Gasteiger partial charge in [-0.2, -0.15) is 0 Å². The van der Waals surface area contributed by atoms with Gasteiger partial charge < -0.3 is 20.5 Å². The van der Waals surface area contributed by atoms with Gasteiger partial charge in [-0.25, -0.2) is 9.59 Å². The Hall–Kier alpha value is -1.76. The van der Waals surface area contributed by atoms with E-state index in [1.807, 2.05) is 0 Å². The first-order chi connectivity index (χ1) is 9.35. The summed E-state index contributed by atoms with van der Waals surface area (Å²) in [6.07, 6.45) is 0. The first-order valence-corrected chi connectivity index (χ1v) is 6.78. The Bertz CT molecular complexity index is 505. The predicted molar refractivity (Wildman–Crippen MR) is 79.1 cm³/mol. The predicted octanol–water partition coefficient (Wildman–Crippen LogP) is 2.69. The summed E-state index contributed by atoms with van der Waals surface area (Å²) in [6, 6.07) is 3.59. The summed E-state index contributed by atoms with van der Waals surface area (Å²) in [5.74, 6) is -0.807. The Morgan fingerprint density at radius 3 is 2.50 bits per heavy atom. The molecular formula is C13H17BrN2O4. The van der Waals surface area contributed by atoms with E-state index in [4.69, 9.17) is 9.84 Å². The first kappa shape index (κ1) is 16.3. The van der Waals surface area contributed by atoms with Crippen LogP contribution in [-0.4, -0.2) is 30.3 Å². The number of hydrogen-bond donors (Lipinski definition) is 3. The highest BCUT2D eigenvalue weighted by Crippen LogP contribution is 2.27. The van der Waals surface area contributed by atoms with Crippen LogP contribution in [0.4, 0.5) is 10.5 Å². The number of urea groups is 1. The molecule has 0 saturated carbocycles. The number of halogens is 1. The number of carbonyl (C=O) groups excluding carboxylic acids is 1. The minimum Gasteiger partial charge on any atom is -0.495 e. The lowest BCUT2D eigenvalue weighted by atomic mass is 10.1. The minimum atomic E-state index is -1.07. The summed E-state index contributed by atoms with van der Waals surface area (Å²) in [4.78, 5) is 22.9. The van der Waals surface area contributed by atoms with E-state index in [-0.39, 0.29) is 5.92 Å². The van der Waals surface area contributed by atoms with E-state index in [0.717, 1.165) is 4.47 Å². The van der Waals surface area contributed by atoms with Crippen LogP contribution in [0.2, 0.25) is 0 Å². The van der Waals surface area contributed by atoms with Crippen molar-refractivity contribution in [1.82, 2.24) is 5.32 Å². The van der Waals surface area contributed by atoms with Crippen LogP contribution in [0.25, 0.3) is 0 Å². The molecular weight excluding hydrogens is 328 g/mol. The summed E-state index contributed by atoms with van der Waals surface area (Å²) in [7, 11) is 1.49. The number of amides is 2. The molecule has 0 aliphatic heterocycles. The number of rotatable bonds is 5. The summed E-state index contributed by atoms with van der Waals surface area (Å²) < 4.78 is 5.89. The fourth-order valence-corrected chi connectivity index (χ4v) is 1.95. The molecule has 110 valence electrons. The van der Waals surface area contributed by atoms with Crippen molar-refractivity contribution >= 4 is 33.6 Å². The fraction of sp³-hybridized carbons (Fsp3) is 0.385. The minimum absolute atomic E-state index is 0.220. The Labute approximate surface area is 125 Å². The van der Waals surface area contributed by atoms with Gasteiger partial charge in [-0.05, 0) is 24.1 Å². The Kier molecular flexibility index (Phi) is 5.82. The molecule has 0 saturated heterocycles. The van der Waals surface area contributed by atoms with Crippen LogP contribution in [0.5, 0.6) is 5.75 Å². The number of anilines is 1. The van der Waals surface area contributed by atoms with Crippen LogP contribution < -0.4 is 15.4 Å². The van der Waals surface area contributed by atoms with Crippen molar-refractivity contribution < 1.29 is 19.4 Å². The second-order valence-corrected chi connectivity index (χ2v) is 5.42. The molecule has 20 heavy (non-hydrogen) atoms. The Balaban J connectivity index is 2.80. The van der Waals surface area contributed by atoms with Gasteiger partial charge in [0, 0.05) is 4.47 Å². The fourth-order valence-electron chi connectivity index (χ4n) is 1.59. The third-order valence-corrected chi connectivity index (χ3v) is 3.12. The van der Waals surface area contributed by atoms with Gasteiger partial charge in [0.1, 0.15) is 11.8 Å². The summed E-state index contributed by atoms with van der Waals surface area (Å²) >= 11 is 3.29. The number of carbonyl (C=O) groups is 2. The van der Waals surface area contributed by atoms with Gasteiger partial charge in [-0.15, -0.1) is 0 Å². The van der Waals surface area contributed by atoms with E-state index in [1.54, 1.807) is 32.0 Å². The second-order valence-electron chi connectivity index (χ2n) is 4.50. The third kappa shape index (κ3) is 4.41. The van der Waals surface area contributed by atoms with Crippen LogP contribution in [0.1, 0.15) is 13.8 Å². The average Bonchev–Trinajstić information content (AvgIpc) is 2.35. The van der Waals surface area contributed by atoms with Gasteiger partial charge in [0.2, 0.25) is 0 Å². The van der Waals surface area contributed by atoms with E-state index < -0.39 is 18.0 Å². The molecule has 1 aromatic carbocycles. The van der Waals surface area contributed by atoms with E-state index in [9.17, 15) is 9.59 Å². The monoisotopic (exact) mass is 344 g/mol. The highest BCUT2D eigenvalue weighted by molar-refractivity contribution is 9.10. The molecule has 2 amide bonds. The van der Waals surface area contributed by atoms with E-state index in [1.165, 1.54) is 7.11 Å². The lowest BCUT2D eigenvalue weighted by Crippen LogP contribution is -2.46. The van der Waals surface area contributed by atoms with Gasteiger partial charge in [-0.1, -0.05) is 29.8 Å². The van der Waals surface area contributed by atoms with Crippen molar-refractivity contribution in [3.63, 3.8) is 0 Å². The van der Waals surface area contributed by atoms with E-state index in [0.29, 0.717) is 11.4 Å². The topological polar surface area (TPSA) is 87.7 Å². The molecule has 0 bridgehead atoms. The second kappa shape index (κ2) is 7.14. The molecule has 0 unspecified atom stereocenters. The van der Waals surface area contributed by atoms with Crippen LogP contribution in [-0.2, 0) is 4.79 Å². The third-order valence-electron chi connectivity index (χ3n) is 2.63. The zero-order chi connectivity index (χ0) is 15.3. The van der Waals surface area contributed by atoms with Crippen molar-refractivity contribution in [3.05, 3.63) is 22.7 Å². The van der Waals surface area contributed by atoms with Crippen molar-refractivity contribution in [3.8, 4) is 5.75 Å². The normalized spacial score (nSPS) is 11.8. The molecule has 1 rings (SSSR count). The summed E-state index contributed by atoms with van der Waals surface area (Å²) in [5, 5.41) is 14.0. The van der Waals surface area contributed by atoms with Crippen molar-refractivity contribution in [1.29, 1.82) is 0 Å². The molecule has 0 spiro atoms. The largest absolute Gasteiger partial charge is 0.495 e. The summed E-state index contributed by atoms with van der Waals surface area (Å²) in [6.45, 7) is 3.44. The van der Waals surface area contributed by atoms with Crippen LogP contribution in [0.15, 0.2) is 22.7 Å². The van der Waals surface area contributed by atoms with Gasteiger partial charge in [0.05, 0.1) is 12.8 Å². The molecule has 6 nitrogen and oxygen atoms in total. The van der Waals surface area contributed by atoms with Crippen molar-refractivity contribution in [2.45, 2.75) is 19.9 Å². The maximum atomic E-state index is 11.9. The van der Waals surface area contributed by atoms with Gasteiger partial charge in [0.15, 0.2) is 0 Å². The van der Waals surface area contributed by atoms with Crippen LogP contribution in [0, 0.1) is 5.92 Å². The average molecular weight is 345 g/mol. The molecule has 0 aliphatic carbocycles. The van der Waals surface area contributed by atoms with Gasteiger partial charge in [-0.3, -0.25) is 0 Å². The van der Waals surface area contributed by atoms with Crippen molar-refractivity contribution in [2.24, 2.45) is 5.92 Å². The lowest BCUT2D eigenvalue weighted by Gasteiger charge is -2.19. The summed E-state index contributed by atoms with van der Waals surface area (Å²) in [5.41, 5.74) is 0.451. The zero-order valence-corrected chi connectivity index (χ0v) is 13.0. The SMILES string of the molecule is COc1ccc(Br)cc1NC(=O)N[C@@H](C(=O)O)C(C)C. The number of aliphatic carboxylic acids is 1. The number of carboxylic acids is 1. The van der Waals surface area contributed by atoms with E-state index >= 15 is 0 Å². The number of nitrogens with one attached hydrogen (secondary N) is 2. The highest BCUT2D eigenvalue weighted by atomic mass is 79.9. The number of benzene rings is 1. The standard InChI is InChI=1S/C13H17BrN2O4/c1-7(2)11(12(17)18)16-13(19)15-9-6-8(14)4-5-10(9)20-3/h4-7,11H,1-3H3,(H,17,18)(H2,15,16,19)/t11-/m1/s1. The molecule has 0 aromatic heterocycles. The highest BCUT2D eigenvalue weighted by Gasteiger charge is 2.23. The number of methoxy groups -OCH3 is 1. The number of ether oxygens (including phenoxy) is 1. The maximum absolute atomic E-state index is 11.9. The molecule has 1 aromatic rings. The van der Waals surface area contributed by atoms with Gasteiger partial charge >= 0.3 is 12.0 Å². The van der Waals surface area contributed by atoms with Crippen LogP contribution >= 0.6 is 15.9 Å². The molecule has 0 fully saturated rings. The van der Waals surface area contributed by atoms with E-state index in [2.05, 4.69) is 26.6 Å². The lowest BCUT2D eigenvalue weighted by molar-refractivity contribution is -0.140. The molecule has 0 radical (unpaired) electrons.